The first-order valence-electron chi connectivity index (χ1n) is 11.7. The van der Waals surface area contributed by atoms with E-state index in [2.05, 4.69) is 4.98 Å². The fourth-order valence-electron chi connectivity index (χ4n) is 5.29. The summed E-state index contributed by atoms with van der Waals surface area (Å²) < 4.78 is 41.2. The van der Waals surface area contributed by atoms with Crippen molar-refractivity contribution in [1.82, 2.24) is 4.98 Å². The van der Waals surface area contributed by atoms with Gasteiger partial charge in [0.05, 0.1) is 24.1 Å². The molecule has 5 rings (SSSR count). The predicted octanol–water partition coefficient (Wildman–Crippen LogP) is 3.47. The Morgan fingerprint density at radius 3 is 2.51 bits per heavy atom. The van der Waals surface area contributed by atoms with Crippen molar-refractivity contribution < 1.29 is 22.7 Å². The maximum absolute atomic E-state index is 14.7. The Balaban J connectivity index is 1.84. The van der Waals surface area contributed by atoms with Gasteiger partial charge in [0.1, 0.15) is 16.8 Å². The summed E-state index contributed by atoms with van der Waals surface area (Å²) >= 11 is 0. The van der Waals surface area contributed by atoms with Gasteiger partial charge < -0.3 is 20.9 Å². The number of nitrogen functional groups attached to an aromatic ring is 1. The molecule has 2 heterocycles. The van der Waals surface area contributed by atoms with Crippen molar-refractivity contribution in [3.05, 3.63) is 95.6 Å². The summed E-state index contributed by atoms with van der Waals surface area (Å²) in [5, 5.41) is -0.997. The van der Waals surface area contributed by atoms with Crippen molar-refractivity contribution in [3.63, 3.8) is 0 Å². The molecule has 8 nitrogen and oxygen atoms in total. The minimum absolute atomic E-state index is 0.0196. The molecule has 1 amide bonds. The van der Waals surface area contributed by atoms with Crippen molar-refractivity contribution in [3.8, 4) is 5.75 Å². The van der Waals surface area contributed by atoms with Crippen LogP contribution < -0.4 is 16.2 Å². The zero-order valence-corrected chi connectivity index (χ0v) is 21.2. The quantitative estimate of drug-likeness (QED) is 0.400. The van der Waals surface area contributed by atoms with Gasteiger partial charge in [0.15, 0.2) is 15.4 Å². The number of fused-ring (bicyclic) bond motifs is 1. The number of pyridine rings is 1. The molecular formula is C28H27N3O5S. The zero-order valence-electron chi connectivity index (χ0n) is 20.4. The van der Waals surface area contributed by atoms with Crippen LogP contribution in [0.2, 0.25) is 0 Å². The van der Waals surface area contributed by atoms with Crippen molar-refractivity contribution in [1.29, 1.82) is 0 Å². The molecule has 4 aromatic rings. The SMILES string of the molecule is COc1ccc(C)cc1C1(C(N)=O)OCC(c2ccccc2)C1S(=O)(=O)c1cccc2nc(N)ccc12. The first-order chi connectivity index (χ1) is 17.7. The number of ether oxygens (including phenoxy) is 2. The number of nitrogens with zero attached hydrogens (tertiary/aromatic N) is 1. The van der Waals surface area contributed by atoms with E-state index in [9.17, 15) is 13.2 Å². The number of hydrogen-bond donors (Lipinski definition) is 2. The van der Waals surface area contributed by atoms with Crippen LogP contribution in [0.4, 0.5) is 5.82 Å². The maximum Gasteiger partial charge on any atom is 0.255 e. The Labute approximate surface area is 215 Å². The molecule has 3 atom stereocenters. The molecular weight excluding hydrogens is 490 g/mol. The molecule has 1 fully saturated rings. The highest BCUT2D eigenvalue weighted by atomic mass is 32.2. The van der Waals surface area contributed by atoms with Crippen LogP contribution in [0.5, 0.6) is 5.75 Å². The number of carbonyl (C=O) groups is 1. The molecule has 0 bridgehead atoms. The Bertz CT molecular complexity index is 1610. The van der Waals surface area contributed by atoms with Crippen LogP contribution in [-0.4, -0.2) is 38.3 Å². The molecule has 0 spiro atoms. The second-order valence-electron chi connectivity index (χ2n) is 9.16. The number of benzene rings is 3. The Morgan fingerprint density at radius 1 is 1.05 bits per heavy atom. The summed E-state index contributed by atoms with van der Waals surface area (Å²) in [5.41, 5.74) is 12.1. The van der Waals surface area contributed by atoms with Crippen LogP contribution >= 0.6 is 0 Å². The van der Waals surface area contributed by atoms with E-state index in [1.807, 2.05) is 43.3 Å². The minimum atomic E-state index is -4.28. The van der Waals surface area contributed by atoms with Crippen molar-refractivity contribution in [2.24, 2.45) is 5.73 Å². The third kappa shape index (κ3) is 3.91. The molecule has 0 radical (unpaired) electrons. The number of aromatic nitrogens is 1. The van der Waals surface area contributed by atoms with Crippen LogP contribution in [0.25, 0.3) is 10.9 Å². The fourth-order valence-corrected chi connectivity index (χ4v) is 7.73. The lowest BCUT2D eigenvalue weighted by atomic mass is 9.82. The lowest BCUT2D eigenvalue weighted by molar-refractivity contribution is -0.138. The van der Waals surface area contributed by atoms with Gasteiger partial charge in [-0.05, 0) is 48.9 Å². The van der Waals surface area contributed by atoms with E-state index in [0.29, 0.717) is 22.2 Å². The Morgan fingerprint density at radius 2 is 1.81 bits per heavy atom. The summed E-state index contributed by atoms with van der Waals surface area (Å²) in [6, 6.07) is 22.3. The standard InChI is InChI=1S/C28H27N3O5S/c1-17-11-13-23(35-2)21(15-17)28(27(30)32)26(20(16-36-28)18-7-4-3-5-8-18)37(33,34)24-10-6-9-22-19(24)12-14-25(29)31-22/h3-15,20,26H,16H2,1-2H3,(H2,29,31)(H2,30,32). The zero-order chi connectivity index (χ0) is 26.4. The van der Waals surface area contributed by atoms with Crippen LogP contribution in [0.15, 0.2) is 83.8 Å². The van der Waals surface area contributed by atoms with Gasteiger partial charge in [0.2, 0.25) is 0 Å². The van der Waals surface area contributed by atoms with Gasteiger partial charge in [-0.1, -0.05) is 48.0 Å². The van der Waals surface area contributed by atoms with Crippen LogP contribution in [0, 0.1) is 6.92 Å². The van der Waals surface area contributed by atoms with E-state index >= 15 is 0 Å². The summed E-state index contributed by atoms with van der Waals surface area (Å²) in [6.45, 7) is 1.80. The van der Waals surface area contributed by atoms with E-state index < -0.39 is 32.5 Å². The second-order valence-corrected chi connectivity index (χ2v) is 11.2. The summed E-state index contributed by atoms with van der Waals surface area (Å²) in [5.74, 6) is -1.03. The van der Waals surface area contributed by atoms with Gasteiger partial charge in [0.25, 0.3) is 5.91 Å². The van der Waals surface area contributed by atoms with Gasteiger partial charge in [-0.15, -0.1) is 0 Å². The van der Waals surface area contributed by atoms with E-state index in [1.54, 1.807) is 36.4 Å². The van der Waals surface area contributed by atoms with Crippen molar-refractivity contribution in [2.75, 3.05) is 19.5 Å². The average Bonchev–Trinajstić information content (AvgIpc) is 3.31. The average molecular weight is 518 g/mol. The summed E-state index contributed by atoms with van der Waals surface area (Å²) in [6.07, 6.45) is 0. The molecule has 9 heteroatoms. The van der Waals surface area contributed by atoms with Crippen molar-refractivity contribution in [2.45, 2.75) is 28.6 Å². The number of rotatable bonds is 6. The molecule has 1 aliphatic heterocycles. The number of nitrogens with two attached hydrogens (primary N) is 2. The molecule has 3 aromatic carbocycles. The molecule has 37 heavy (non-hydrogen) atoms. The van der Waals surface area contributed by atoms with E-state index in [4.69, 9.17) is 20.9 Å². The lowest BCUT2D eigenvalue weighted by Gasteiger charge is -2.34. The molecule has 1 aromatic heterocycles. The highest BCUT2D eigenvalue weighted by Crippen LogP contribution is 2.51. The number of methoxy groups -OCH3 is 1. The van der Waals surface area contributed by atoms with Crippen LogP contribution in [-0.2, 0) is 25.0 Å². The summed E-state index contributed by atoms with van der Waals surface area (Å²) in [7, 11) is -2.82. The second kappa shape index (κ2) is 9.17. The largest absolute Gasteiger partial charge is 0.496 e. The first kappa shape index (κ1) is 24.7. The monoisotopic (exact) mass is 517 g/mol. The maximum atomic E-state index is 14.7. The molecule has 4 N–H and O–H groups in total. The van der Waals surface area contributed by atoms with Crippen LogP contribution in [0.1, 0.15) is 22.6 Å². The molecule has 3 unspecified atom stereocenters. The van der Waals surface area contributed by atoms with E-state index in [0.717, 1.165) is 5.56 Å². The minimum Gasteiger partial charge on any atom is -0.496 e. The van der Waals surface area contributed by atoms with Gasteiger partial charge in [-0.3, -0.25) is 4.79 Å². The lowest BCUT2D eigenvalue weighted by Crippen LogP contribution is -2.52. The molecule has 190 valence electrons. The van der Waals surface area contributed by atoms with E-state index in [-0.39, 0.29) is 22.9 Å². The number of sulfone groups is 1. The molecule has 0 saturated carbocycles. The fraction of sp³-hybridized carbons (Fsp3) is 0.214. The first-order valence-corrected chi connectivity index (χ1v) is 13.3. The van der Waals surface area contributed by atoms with Gasteiger partial charge in [-0.2, -0.15) is 0 Å². The highest BCUT2D eigenvalue weighted by Gasteiger charge is 2.63. The predicted molar refractivity (Wildman–Crippen MR) is 141 cm³/mol. The number of carbonyl (C=O) groups excluding carboxylic acids is 1. The highest BCUT2D eigenvalue weighted by molar-refractivity contribution is 7.92. The number of aryl methyl sites for hydroxylation is 1. The molecule has 1 saturated heterocycles. The third-order valence-electron chi connectivity index (χ3n) is 6.96. The normalized spacial score (nSPS) is 21.7. The Kier molecular flexibility index (Phi) is 6.13. The molecule has 1 aliphatic rings. The smallest absolute Gasteiger partial charge is 0.255 e. The number of anilines is 1. The Hall–Kier alpha value is -3.95. The van der Waals surface area contributed by atoms with Crippen LogP contribution in [0.3, 0.4) is 0 Å². The number of hydrogen-bond acceptors (Lipinski definition) is 7. The van der Waals surface area contributed by atoms with Crippen molar-refractivity contribution >= 4 is 32.5 Å². The number of primary amides is 1. The topological polar surface area (TPSA) is 135 Å². The van der Waals surface area contributed by atoms with Gasteiger partial charge in [-0.25, -0.2) is 13.4 Å². The summed E-state index contributed by atoms with van der Waals surface area (Å²) in [4.78, 5) is 17.7. The van der Waals surface area contributed by atoms with Gasteiger partial charge in [0, 0.05) is 16.9 Å². The van der Waals surface area contributed by atoms with E-state index in [1.165, 1.54) is 13.2 Å². The molecule has 0 aliphatic carbocycles. The number of amides is 1. The third-order valence-corrected chi connectivity index (χ3v) is 9.26. The van der Waals surface area contributed by atoms with Gasteiger partial charge >= 0.3 is 0 Å².